The van der Waals surface area contributed by atoms with Crippen LogP contribution < -0.4 is 10.9 Å². The fourth-order valence-corrected chi connectivity index (χ4v) is 3.65. The first-order valence-electron chi connectivity index (χ1n) is 8.11. The number of benzene rings is 1. The summed E-state index contributed by atoms with van der Waals surface area (Å²) in [5.41, 5.74) is 2.30. The zero-order valence-corrected chi connectivity index (χ0v) is 14.0. The maximum Gasteiger partial charge on any atom is 0.336 e. The van der Waals surface area contributed by atoms with E-state index in [1.807, 2.05) is 19.1 Å². The molecule has 3 rings (SSSR count). The number of nitrogens with two attached hydrogens (primary N) is 1. The van der Waals surface area contributed by atoms with Gasteiger partial charge in [0, 0.05) is 28.0 Å². The minimum absolute atomic E-state index is 0.283. The number of aryl methyl sites for hydroxylation is 1. The monoisotopic (exact) mass is 320 g/mol. The van der Waals surface area contributed by atoms with E-state index in [9.17, 15) is 4.79 Å². The van der Waals surface area contributed by atoms with E-state index in [1.54, 1.807) is 6.07 Å². The highest BCUT2D eigenvalue weighted by Gasteiger charge is 2.24. The molecule has 0 bridgehead atoms. The minimum Gasteiger partial charge on any atom is -0.423 e. The summed E-state index contributed by atoms with van der Waals surface area (Å²) in [7, 11) is 0. The molecule has 0 amide bonds. The van der Waals surface area contributed by atoms with Gasteiger partial charge in [-0.25, -0.2) is 4.79 Å². The van der Waals surface area contributed by atoms with Gasteiger partial charge in [-0.15, -0.1) is 0 Å². The molecule has 1 aliphatic carbocycles. The fraction of sp³-hybridized carbons (Fsp3) is 0.500. The first-order chi connectivity index (χ1) is 10.5. The zero-order valence-electron chi connectivity index (χ0n) is 13.2. The molecule has 0 spiro atoms. The Bertz CT molecular complexity index is 738. The van der Waals surface area contributed by atoms with Crippen molar-refractivity contribution in [3.05, 3.63) is 44.8 Å². The standard InChI is InChI=1S/C18H22ClNO2/c1-11-5-3-4-6-16(11)20-10-13-8-18(21)22-17-7-12(2)15(19)9-14(13)17/h7-9,11,16,20H,3-6,10H2,1-2H3/p+1/t11-,16+/m1/s1. The second kappa shape index (κ2) is 6.43. The van der Waals surface area contributed by atoms with Crippen molar-refractivity contribution in [2.24, 2.45) is 5.92 Å². The van der Waals surface area contributed by atoms with Crippen molar-refractivity contribution < 1.29 is 9.73 Å². The lowest BCUT2D eigenvalue weighted by Gasteiger charge is -2.26. The van der Waals surface area contributed by atoms with Gasteiger partial charge in [0.05, 0.1) is 6.04 Å². The van der Waals surface area contributed by atoms with E-state index < -0.39 is 0 Å². The third kappa shape index (κ3) is 3.21. The molecule has 0 unspecified atom stereocenters. The van der Waals surface area contributed by atoms with Crippen molar-refractivity contribution in [2.45, 2.75) is 52.1 Å². The number of fused-ring (bicyclic) bond motifs is 1. The molecule has 3 nitrogen and oxygen atoms in total. The van der Waals surface area contributed by atoms with E-state index in [0.717, 1.165) is 29.0 Å². The molecule has 4 heteroatoms. The maximum atomic E-state index is 11.8. The molecule has 1 heterocycles. The molecular formula is C18H23ClNO2+. The average molecular weight is 321 g/mol. The van der Waals surface area contributed by atoms with Gasteiger partial charge in [0.25, 0.3) is 0 Å². The van der Waals surface area contributed by atoms with E-state index in [-0.39, 0.29) is 5.63 Å². The number of hydrogen-bond donors (Lipinski definition) is 1. The van der Waals surface area contributed by atoms with Crippen LogP contribution in [0.3, 0.4) is 0 Å². The van der Waals surface area contributed by atoms with Gasteiger partial charge in [-0.1, -0.05) is 24.9 Å². The summed E-state index contributed by atoms with van der Waals surface area (Å²) in [5, 5.41) is 4.05. The second-order valence-electron chi connectivity index (χ2n) is 6.55. The van der Waals surface area contributed by atoms with Gasteiger partial charge < -0.3 is 9.73 Å². The first-order valence-corrected chi connectivity index (χ1v) is 8.48. The van der Waals surface area contributed by atoms with Crippen LogP contribution in [0.2, 0.25) is 5.02 Å². The Kier molecular flexibility index (Phi) is 4.55. The highest BCUT2D eigenvalue weighted by atomic mass is 35.5. The van der Waals surface area contributed by atoms with Crippen LogP contribution in [0.4, 0.5) is 0 Å². The van der Waals surface area contributed by atoms with Crippen molar-refractivity contribution >= 4 is 22.6 Å². The van der Waals surface area contributed by atoms with E-state index in [1.165, 1.54) is 25.7 Å². The van der Waals surface area contributed by atoms with E-state index >= 15 is 0 Å². The molecule has 1 aliphatic rings. The highest BCUT2D eigenvalue weighted by molar-refractivity contribution is 6.32. The largest absolute Gasteiger partial charge is 0.423 e. The molecule has 1 aromatic heterocycles. The van der Waals surface area contributed by atoms with Gasteiger partial charge in [0.2, 0.25) is 0 Å². The van der Waals surface area contributed by atoms with Crippen LogP contribution in [0, 0.1) is 12.8 Å². The van der Waals surface area contributed by atoms with Gasteiger partial charge in [-0.3, -0.25) is 0 Å². The summed E-state index contributed by atoms with van der Waals surface area (Å²) in [6.45, 7) is 5.05. The Labute approximate surface area is 135 Å². The summed E-state index contributed by atoms with van der Waals surface area (Å²) in [5.74, 6) is 0.742. The lowest BCUT2D eigenvalue weighted by Crippen LogP contribution is -2.90. The van der Waals surface area contributed by atoms with Crippen molar-refractivity contribution in [1.29, 1.82) is 0 Å². The van der Waals surface area contributed by atoms with Gasteiger partial charge in [-0.2, -0.15) is 0 Å². The average Bonchev–Trinajstić information content (AvgIpc) is 2.48. The molecule has 22 heavy (non-hydrogen) atoms. The van der Waals surface area contributed by atoms with Crippen LogP contribution in [0.15, 0.2) is 27.4 Å². The number of quaternary nitrogens is 1. The third-order valence-electron chi connectivity index (χ3n) is 4.93. The molecule has 0 radical (unpaired) electrons. The first kappa shape index (κ1) is 15.6. The fourth-order valence-electron chi connectivity index (χ4n) is 3.49. The molecule has 1 saturated carbocycles. The van der Waals surface area contributed by atoms with E-state index in [0.29, 0.717) is 16.6 Å². The Morgan fingerprint density at radius 3 is 2.82 bits per heavy atom. The zero-order chi connectivity index (χ0) is 15.7. The molecule has 1 fully saturated rings. The Hall–Kier alpha value is -1.32. The number of hydrogen-bond acceptors (Lipinski definition) is 2. The van der Waals surface area contributed by atoms with Crippen LogP contribution in [0.1, 0.15) is 43.7 Å². The number of halogens is 1. The molecule has 1 aromatic carbocycles. The lowest BCUT2D eigenvalue weighted by atomic mass is 9.86. The highest BCUT2D eigenvalue weighted by Crippen LogP contribution is 2.25. The molecule has 0 aliphatic heterocycles. The van der Waals surface area contributed by atoms with Crippen LogP contribution in [-0.4, -0.2) is 6.04 Å². The van der Waals surface area contributed by atoms with Crippen molar-refractivity contribution in [3.63, 3.8) is 0 Å². The van der Waals surface area contributed by atoms with Crippen LogP contribution in [-0.2, 0) is 6.54 Å². The summed E-state index contributed by atoms with van der Waals surface area (Å²) in [6, 6.07) is 6.03. The van der Waals surface area contributed by atoms with Crippen molar-refractivity contribution in [3.8, 4) is 0 Å². The minimum atomic E-state index is -0.283. The summed E-state index contributed by atoms with van der Waals surface area (Å²) >= 11 is 6.24. The molecular weight excluding hydrogens is 298 g/mol. The topological polar surface area (TPSA) is 46.8 Å². The van der Waals surface area contributed by atoms with Gasteiger partial charge in [-0.05, 0) is 43.9 Å². The van der Waals surface area contributed by atoms with Gasteiger partial charge >= 0.3 is 5.63 Å². The second-order valence-corrected chi connectivity index (χ2v) is 6.96. The van der Waals surface area contributed by atoms with Crippen LogP contribution >= 0.6 is 11.6 Å². The van der Waals surface area contributed by atoms with E-state index in [4.69, 9.17) is 16.0 Å². The predicted molar refractivity (Wildman–Crippen MR) is 89.3 cm³/mol. The molecule has 0 saturated heterocycles. The van der Waals surface area contributed by atoms with Crippen molar-refractivity contribution in [2.75, 3.05) is 0 Å². The number of rotatable bonds is 3. The summed E-state index contributed by atoms with van der Waals surface area (Å²) in [6.07, 6.45) is 5.23. The van der Waals surface area contributed by atoms with Gasteiger partial charge in [0.15, 0.2) is 0 Å². The SMILES string of the molecule is Cc1cc2oc(=O)cc(C[NH2+][C@H]3CCCC[C@H]3C)c2cc1Cl. The van der Waals surface area contributed by atoms with Crippen LogP contribution in [0.5, 0.6) is 0 Å². The van der Waals surface area contributed by atoms with E-state index in [2.05, 4.69) is 12.2 Å². The third-order valence-corrected chi connectivity index (χ3v) is 5.33. The maximum absolute atomic E-state index is 11.8. The predicted octanol–water partition coefficient (Wildman–Crippen LogP) is 3.40. The van der Waals surface area contributed by atoms with Crippen LogP contribution in [0.25, 0.3) is 11.0 Å². The quantitative estimate of drug-likeness (QED) is 0.881. The molecule has 2 N–H and O–H groups in total. The smallest absolute Gasteiger partial charge is 0.336 e. The van der Waals surface area contributed by atoms with Gasteiger partial charge in [0.1, 0.15) is 12.1 Å². The van der Waals surface area contributed by atoms with Crippen molar-refractivity contribution in [1.82, 2.24) is 0 Å². The normalized spacial score (nSPS) is 22.1. The summed E-state index contributed by atoms with van der Waals surface area (Å²) in [4.78, 5) is 11.8. The molecule has 118 valence electrons. The molecule has 2 aromatic rings. The lowest BCUT2D eigenvalue weighted by molar-refractivity contribution is -0.712. The summed E-state index contributed by atoms with van der Waals surface area (Å²) < 4.78 is 5.32. The Morgan fingerprint density at radius 2 is 2.05 bits per heavy atom. The Balaban J connectivity index is 1.89. The molecule has 2 atom stereocenters. The Morgan fingerprint density at radius 1 is 1.27 bits per heavy atom.